The van der Waals surface area contributed by atoms with Crippen molar-refractivity contribution in [3.8, 4) is 0 Å². The van der Waals surface area contributed by atoms with Crippen LogP contribution >= 0.6 is 11.6 Å². The van der Waals surface area contributed by atoms with E-state index in [0.717, 1.165) is 68.9 Å². The lowest BCUT2D eigenvalue weighted by Gasteiger charge is -2.29. The van der Waals surface area contributed by atoms with Gasteiger partial charge >= 0.3 is 0 Å². The highest BCUT2D eigenvalue weighted by molar-refractivity contribution is 6.29. The van der Waals surface area contributed by atoms with Crippen molar-refractivity contribution in [1.29, 1.82) is 0 Å². The first kappa shape index (κ1) is 19.7. The van der Waals surface area contributed by atoms with Gasteiger partial charge in [-0.2, -0.15) is 0 Å². The van der Waals surface area contributed by atoms with E-state index in [-0.39, 0.29) is 11.6 Å². The number of fused-ring (bicyclic) bond motifs is 3. The van der Waals surface area contributed by atoms with Gasteiger partial charge in [0.25, 0.3) is 5.56 Å². The van der Waals surface area contributed by atoms with Crippen molar-refractivity contribution >= 4 is 22.5 Å². The lowest BCUT2D eigenvalue weighted by atomic mass is 9.84. The zero-order valence-corrected chi connectivity index (χ0v) is 17.7. The first-order valence-electron chi connectivity index (χ1n) is 10.9. The van der Waals surface area contributed by atoms with Gasteiger partial charge in [-0.25, -0.2) is 9.97 Å². The Hall–Kier alpha value is -2.24. The van der Waals surface area contributed by atoms with Crippen molar-refractivity contribution in [2.45, 2.75) is 69.9 Å². The molecule has 0 radical (unpaired) electrons. The summed E-state index contributed by atoms with van der Waals surface area (Å²) >= 11 is 5.95. The highest BCUT2D eigenvalue weighted by atomic mass is 35.5. The van der Waals surface area contributed by atoms with Crippen molar-refractivity contribution in [2.75, 3.05) is 0 Å². The van der Waals surface area contributed by atoms with Crippen LogP contribution in [0.25, 0.3) is 10.9 Å². The van der Waals surface area contributed by atoms with Crippen LogP contribution in [0.4, 0.5) is 0 Å². The van der Waals surface area contributed by atoms with Crippen molar-refractivity contribution in [2.24, 2.45) is 0 Å². The van der Waals surface area contributed by atoms with E-state index in [9.17, 15) is 9.90 Å². The van der Waals surface area contributed by atoms with Crippen LogP contribution in [0.3, 0.4) is 0 Å². The monoisotopic (exact) mass is 423 g/mol. The van der Waals surface area contributed by atoms with Crippen LogP contribution in [0.15, 0.2) is 35.5 Å². The Balaban J connectivity index is 1.65. The molecule has 0 unspecified atom stereocenters. The van der Waals surface area contributed by atoms with Gasteiger partial charge in [0.1, 0.15) is 5.15 Å². The van der Waals surface area contributed by atoms with Gasteiger partial charge < -0.3 is 5.11 Å². The number of hydrogen-bond acceptors (Lipinski definition) is 4. The predicted octanol–water partition coefficient (Wildman–Crippen LogP) is 4.39. The minimum atomic E-state index is -0.479. The largest absolute Gasteiger partial charge is 0.391 e. The molecule has 2 heterocycles. The molecule has 5 rings (SSSR count). The Morgan fingerprint density at radius 2 is 1.87 bits per heavy atom. The lowest BCUT2D eigenvalue weighted by molar-refractivity contribution is 0.0735. The molecule has 0 bridgehead atoms. The van der Waals surface area contributed by atoms with Crippen LogP contribution in [0.1, 0.15) is 66.8 Å². The summed E-state index contributed by atoms with van der Waals surface area (Å²) in [6, 6.07) is 5.66. The molecular formula is C24H26ClN3O2. The highest BCUT2D eigenvalue weighted by Gasteiger charge is 2.27. The average Bonchev–Trinajstić information content (AvgIpc) is 2.77. The zero-order chi connectivity index (χ0) is 20.7. The summed E-state index contributed by atoms with van der Waals surface area (Å²) in [7, 11) is 0. The van der Waals surface area contributed by atoms with Crippen LogP contribution in [0, 0.1) is 0 Å². The second-order valence-corrected chi connectivity index (χ2v) is 9.03. The number of aliphatic hydroxyl groups excluding tert-OH is 1. The lowest BCUT2D eigenvalue weighted by Crippen LogP contribution is -2.35. The predicted molar refractivity (Wildman–Crippen MR) is 118 cm³/mol. The number of nitrogens with zero attached hydrogens (tertiary/aromatic N) is 3. The van der Waals surface area contributed by atoms with Crippen molar-refractivity contribution in [3.63, 3.8) is 0 Å². The quantitative estimate of drug-likeness (QED) is 0.634. The Labute approximate surface area is 180 Å². The number of aryl methyl sites for hydroxylation is 1. The summed E-state index contributed by atoms with van der Waals surface area (Å²) in [5.74, 6) is 0. The average molecular weight is 424 g/mol. The molecule has 0 aliphatic heterocycles. The van der Waals surface area contributed by atoms with E-state index in [1.54, 1.807) is 10.9 Å². The van der Waals surface area contributed by atoms with Crippen molar-refractivity contribution in [3.05, 3.63) is 68.5 Å². The first-order chi connectivity index (χ1) is 14.6. The van der Waals surface area contributed by atoms with Crippen LogP contribution in [0.5, 0.6) is 0 Å². The van der Waals surface area contributed by atoms with E-state index >= 15 is 0 Å². The van der Waals surface area contributed by atoms with Gasteiger partial charge in [0.2, 0.25) is 0 Å². The Bertz CT molecular complexity index is 1140. The Kier molecular flexibility index (Phi) is 5.34. The Morgan fingerprint density at radius 1 is 1.07 bits per heavy atom. The minimum Gasteiger partial charge on any atom is -0.391 e. The zero-order valence-electron chi connectivity index (χ0n) is 17.0. The maximum absolute atomic E-state index is 13.5. The minimum absolute atomic E-state index is 0.0326. The van der Waals surface area contributed by atoms with Crippen molar-refractivity contribution in [1.82, 2.24) is 14.5 Å². The van der Waals surface area contributed by atoms with Gasteiger partial charge in [-0.1, -0.05) is 30.5 Å². The number of aromatic nitrogens is 3. The third kappa shape index (κ3) is 3.54. The molecule has 1 fully saturated rings. The molecule has 2 aromatic heterocycles. The van der Waals surface area contributed by atoms with Gasteiger partial charge in [0.05, 0.1) is 29.4 Å². The van der Waals surface area contributed by atoms with E-state index in [1.165, 1.54) is 16.7 Å². The molecule has 2 aliphatic rings. The van der Waals surface area contributed by atoms with E-state index in [1.807, 2.05) is 24.4 Å². The molecule has 2 aliphatic carbocycles. The second-order valence-electron chi connectivity index (χ2n) is 8.64. The van der Waals surface area contributed by atoms with Crippen LogP contribution in [-0.2, 0) is 19.3 Å². The fourth-order valence-corrected chi connectivity index (χ4v) is 5.29. The molecule has 3 aromatic rings. The molecule has 6 heteroatoms. The van der Waals surface area contributed by atoms with Crippen LogP contribution in [-0.4, -0.2) is 25.7 Å². The fourth-order valence-electron chi connectivity index (χ4n) is 5.18. The number of halogens is 1. The summed E-state index contributed by atoms with van der Waals surface area (Å²) in [5, 5.41) is 11.6. The molecule has 1 aromatic carbocycles. The number of hydrogen-bond donors (Lipinski definition) is 1. The maximum atomic E-state index is 13.5. The molecule has 1 N–H and O–H groups in total. The van der Waals surface area contributed by atoms with E-state index in [2.05, 4.69) is 4.98 Å². The molecular weight excluding hydrogens is 398 g/mol. The molecule has 156 valence electrons. The van der Waals surface area contributed by atoms with Crippen LogP contribution < -0.4 is 5.56 Å². The molecule has 2 atom stereocenters. The van der Waals surface area contributed by atoms with Gasteiger partial charge in [-0.15, -0.1) is 0 Å². The number of pyridine rings is 1. The van der Waals surface area contributed by atoms with E-state index in [4.69, 9.17) is 16.6 Å². The number of rotatable bonds is 3. The third-order valence-electron chi connectivity index (χ3n) is 6.73. The van der Waals surface area contributed by atoms with Gasteiger partial charge in [0, 0.05) is 6.20 Å². The summed E-state index contributed by atoms with van der Waals surface area (Å²) in [4.78, 5) is 22.4. The molecule has 0 amide bonds. The highest BCUT2D eigenvalue weighted by Crippen LogP contribution is 2.32. The first-order valence-corrected chi connectivity index (χ1v) is 11.3. The van der Waals surface area contributed by atoms with Crippen molar-refractivity contribution < 1.29 is 5.11 Å². The molecule has 1 saturated carbocycles. The molecule has 30 heavy (non-hydrogen) atoms. The standard InChI is InChI=1S/C24H26ClN3O2/c25-22-10-9-15(13-26-22)11-16-12-19-23(18-6-2-1-5-17(16)18)27-14-28(24(19)30)20-7-3-4-8-21(20)29/h9-10,12-14,20-21,29H,1-8,11H2/t20-,21-/m0/s1. The SMILES string of the molecule is O=c1c2cc(Cc3ccc(Cl)nc3)c3c(c2ncn1[C@H]1CCCC[C@@H]1O)CCCC3. The summed E-state index contributed by atoms with van der Waals surface area (Å²) in [5.41, 5.74) is 5.64. The third-order valence-corrected chi connectivity index (χ3v) is 6.95. The summed E-state index contributed by atoms with van der Waals surface area (Å²) in [6.45, 7) is 0. The number of aliphatic hydroxyl groups is 1. The summed E-state index contributed by atoms with van der Waals surface area (Å²) in [6.07, 6.45) is 11.6. The normalized spacial score (nSPS) is 21.5. The smallest absolute Gasteiger partial charge is 0.261 e. The van der Waals surface area contributed by atoms with Gasteiger partial charge in [0.15, 0.2) is 0 Å². The molecule has 0 spiro atoms. The fraction of sp³-hybridized carbons (Fsp3) is 0.458. The van der Waals surface area contributed by atoms with E-state index in [0.29, 0.717) is 10.5 Å². The van der Waals surface area contributed by atoms with Gasteiger partial charge in [-0.3, -0.25) is 9.36 Å². The summed E-state index contributed by atoms with van der Waals surface area (Å²) < 4.78 is 1.68. The maximum Gasteiger partial charge on any atom is 0.261 e. The van der Waals surface area contributed by atoms with E-state index < -0.39 is 6.10 Å². The van der Waals surface area contributed by atoms with Gasteiger partial charge in [-0.05, 0) is 79.3 Å². The number of benzene rings is 1. The van der Waals surface area contributed by atoms with Crippen LogP contribution in [0.2, 0.25) is 5.15 Å². The molecule has 5 nitrogen and oxygen atoms in total. The topological polar surface area (TPSA) is 68.0 Å². The molecule has 0 saturated heterocycles. The Morgan fingerprint density at radius 3 is 2.63 bits per heavy atom. The second kappa shape index (κ2) is 8.12.